The van der Waals surface area contributed by atoms with Crippen LogP contribution < -0.4 is 5.32 Å². The maximum atomic E-state index is 12.9. The molecule has 0 bridgehead atoms. The van der Waals surface area contributed by atoms with Crippen molar-refractivity contribution in [1.29, 1.82) is 0 Å². The minimum Gasteiger partial charge on any atom is -0.348 e. The fraction of sp³-hybridized carbons (Fsp3) is 0.143. The lowest BCUT2D eigenvalue weighted by atomic mass is 10.2. The Morgan fingerprint density at radius 1 is 1.32 bits per heavy atom. The molecule has 0 spiro atoms. The van der Waals surface area contributed by atoms with Gasteiger partial charge in [0.2, 0.25) is 5.95 Å². The third kappa shape index (κ3) is 4.02. The van der Waals surface area contributed by atoms with Crippen molar-refractivity contribution in [3.05, 3.63) is 58.6 Å². The number of amides is 1. The minimum atomic E-state index is -3.34. The maximum Gasteiger partial charge on any atom is 0.251 e. The summed E-state index contributed by atoms with van der Waals surface area (Å²) in [5.74, 6) is -1.23. The van der Waals surface area contributed by atoms with E-state index in [2.05, 4.69) is 10.3 Å². The fourth-order valence-corrected chi connectivity index (χ4v) is 2.68. The Bertz CT molecular complexity index is 825. The Hall–Kier alpha value is -1.99. The van der Waals surface area contributed by atoms with Gasteiger partial charge in [0.1, 0.15) is 0 Å². The van der Waals surface area contributed by atoms with Crippen molar-refractivity contribution in [3.8, 4) is 0 Å². The van der Waals surface area contributed by atoms with E-state index in [9.17, 15) is 17.6 Å². The molecule has 1 heterocycles. The summed E-state index contributed by atoms with van der Waals surface area (Å²) >= 11 is 6.00. The second-order valence-electron chi connectivity index (χ2n) is 4.58. The zero-order valence-electron chi connectivity index (χ0n) is 11.5. The smallest absolute Gasteiger partial charge is 0.251 e. The topological polar surface area (TPSA) is 76.1 Å². The van der Waals surface area contributed by atoms with E-state index in [1.165, 1.54) is 30.5 Å². The van der Waals surface area contributed by atoms with Crippen LogP contribution in [0, 0.1) is 5.95 Å². The van der Waals surface area contributed by atoms with Crippen LogP contribution >= 0.6 is 11.6 Å². The Morgan fingerprint density at radius 2 is 2.05 bits per heavy atom. The highest BCUT2D eigenvalue weighted by molar-refractivity contribution is 7.90. The van der Waals surface area contributed by atoms with Crippen LogP contribution in [0.25, 0.3) is 0 Å². The number of hydrogen-bond donors (Lipinski definition) is 1. The summed E-state index contributed by atoms with van der Waals surface area (Å²) in [5.41, 5.74) is 0.688. The van der Waals surface area contributed by atoms with E-state index in [1.54, 1.807) is 0 Å². The van der Waals surface area contributed by atoms with Crippen LogP contribution in [-0.4, -0.2) is 25.6 Å². The third-order valence-corrected chi connectivity index (χ3v) is 4.34. The first-order valence-corrected chi connectivity index (χ1v) is 8.42. The van der Waals surface area contributed by atoms with Crippen molar-refractivity contribution >= 4 is 27.3 Å². The molecule has 1 amide bonds. The van der Waals surface area contributed by atoms with Crippen LogP contribution in [0.5, 0.6) is 0 Å². The number of nitrogens with zero attached hydrogens (tertiary/aromatic N) is 1. The molecule has 2 aromatic rings. The normalized spacial score (nSPS) is 11.2. The van der Waals surface area contributed by atoms with E-state index < -0.39 is 21.7 Å². The lowest BCUT2D eigenvalue weighted by Gasteiger charge is -2.08. The third-order valence-electron chi connectivity index (χ3n) is 2.88. The van der Waals surface area contributed by atoms with Gasteiger partial charge in [0.15, 0.2) is 9.84 Å². The van der Waals surface area contributed by atoms with E-state index in [0.29, 0.717) is 5.56 Å². The molecule has 1 N–H and O–H groups in total. The van der Waals surface area contributed by atoms with Crippen molar-refractivity contribution in [3.63, 3.8) is 0 Å². The fourth-order valence-electron chi connectivity index (χ4n) is 1.72. The number of rotatable bonds is 4. The Morgan fingerprint density at radius 3 is 2.64 bits per heavy atom. The summed E-state index contributed by atoms with van der Waals surface area (Å²) in [6, 6.07) is 6.65. The number of carbonyl (C=O) groups excluding carboxylic acids is 1. The van der Waals surface area contributed by atoms with Gasteiger partial charge < -0.3 is 5.32 Å². The monoisotopic (exact) mass is 342 g/mol. The second-order valence-corrected chi connectivity index (χ2v) is 7.00. The lowest BCUT2D eigenvalue weighted by molar-refractivity contribution is 0.0950. The lowest BCUT2D eigenvalue weighted by Crippen LogP contribution is -2.23. The van der Waals surface area contributed by atoms with Gasteiger partial charge in [-0.15, -0.1) is 0 Å². The average molecular weight is 343 g/mol. The highest BCUT2D eigenvalue weighted by Gasteiger charge is 2.11. The van der Waals surface area contributed by atoms with Gasteiger partial charge in [0.25, 0.3) is 5.91 Å². The second kappa shape index (κ2) is 6.41. The van der Waals surface area contributed by atoms with Crippen LogP contribution in [0.2, 0.25) is 5.02 Å². The quantitative estimate of drug-likeness (QED) is 0.864. The molecule has 2 rings (SSSR count). The summed E-state index contributed by atoms with van der Waals surface area (Å²) in [5, 5.41) is 2.80. The standard InChI is InChI=1S/C14H12ClFN2O3S/c1-22(20,21)11-3-2-10(12(15)7-11)8-18-14(19)9-4-5-17-13(16)6-9/h2-7H,8H2,1H3,(H,18,19). The maximum absolute atomic E-state index is 12.9. The summed E-state index contributed by atoms with van der Waals surface area (Å²) in [7, 11) is -3.34. The SMILES string of the molecule is CS(=O)(=O)c1ccc(CNC(=O)c2ccnc(F)c2)c(Cl)c1. The molecule has 8 heteroatoms. The predicted octanol–water partition coefficient (Wildman–Crippen LogP) is 2.21. The van der Waals surface area contributed by atoms with Gasteiger partial charge in [-0.05, 0) is 23.8 Å². The number of carbonyl (C=O) groups is 1. The van der Waals surface area contributed by atoms with Crippen LogP contribution in [0.3, 0.4) is 0 Å². The highest BCUT2D eigenvalue weighted by Crippen LogP contribution is 2.20. The Balaban J connectivity index is 2.10. The molecule has 0 fully saturated rings. The number of nitrogens with one attached hydrogen (secondary N) is 1. The zero-order valence-corrected chi connectivity index (χ0v) is 13.1. The van der Waals surface area contributed by atoms with E-state index in [-0.39, 0.29) is 22.0 Å². The molecule has 0 saturated heterocycles. The largest absolute Gasteiger partial charge is 0.348 e. The summed E-state index contributed by atoms with van der Waals surface area (Å²) in [4.78, 5) is 15.3. The first kappa shape index (κ1) is 16.4. The van der Waals surface area contributed by atoms with Crippen molar-refractivity contribution in [1.82, 2.24) is 10.3 Å². The van der Waals surface area contributed by atoms with E-state index >= 15 is 0 Å². The van der Waals surface area contributed by atoms with E-state index in [1.807, 2.05) is 0 Å². The summed E-state index contributed by atoms with van der Waals surface area (Å²) in [6.45, 7) is 0.0889. The first-order valence-electron chi connectivity index (χ1n) is 6.15. The number of benzene rings is 1. The van der Waals surface area contributed by atoms with Gasteiger partial charge in [-0.2, -0.15) is 4.39 Å². The van der Waals surface area contributed by atoms with Crippen molar-refractivity contribution in [2.75, 3.05) is 6.26 Å². The van der Waals surface area contributed by atoms with Gasteiger partial charge in [0.05, 0.1) is 4.90 Å². The molecule has 22 heavy (non-hydrogen) atoms. The molecule has 1 aromatic carbocycles. The number of pyridine rings is 1. The number of aromatic nitrogens is 1. The molecular formula is C14H12ClFN2O3S. The summed E-state index contributed by atoms with van der Waals surface area (Å²) < 4.78 is 35.8. The van der Waals surface area contributed by atoms with Crippen LogP contribution in [0.1, 0.15) is 15.9 Å². The van der Waals surface area contributed by atoms with Crippen molar-refractivity contribution in [2.45, 2.75) is 11.4 Å². The average Bonchev–Trinajstić information content (AvgIpc) is 2.44. The number of halogens is 2. The molecule has 0 radical (unpaired) electrons. The molecule has 116 valence electrons. The Kier molecular flexibility index (Phi) is 4.77. The van der Waals surface area contributed by atoms with Gasteiger partial charge in [-0.25, -0.2) is 13.4 Å². The molecule has 0 unspecified atom stereocenters. The van der Waals surface area contributed by atoms with Crippen LogP contribution in [-0.2, 0) is 16.4 Å². The van der Waals surface area contributed by atoms with Crippen molar-refractivity contribution < 1.29 is 17.6 Å². The van der Waals surface area contributed by atoms with Gasteiger partial charge in [-0.3, -0.25) is 4.79 Å². The van der Waals surface area contributed by atoms with E-state index in [0.717, 1.165) is 12.3 Å². The van der Waals surface area contributed by atoms with Gasteiger partial charge >= 0.3 is 0 Å². The van der Waals surface area contributed by atoms with E-state index in [4.69, 9.17) is 11.6 Å². The molecule has 5 nitrogen and oxygen atoms in total. The number of sulfone groups is 1. The summed E-state index contributed by atoms with van der Waals surface area (Å²) in [6.07, 6.45) is 2.27. The van der Waals surface area contributed by atoms with Gasteiger partial charge in [-0.1, -0.05) is 17.7 Å². The molecule has 0 aliphatic rings. The predicted molar refractivity (Wildman–Crippen MR) is 79.9 cm³/mol. The minimum absolute atomic E-state index is 0.0889. The molecule has 0 saturated carbocycles. The molecular weight excluding hydrogens is 331 g/mol. The first-order chi connectivity index (χ1) is 10.3. The van der Waals surface area contributed by atoms with Crippen LogP contribution in [0.15, 0.2) is 41.4 Å². The molecule has 1 aromatic heterocycles. The number of hydrogen-bond acceptors (Lipinski definition) is 4. The highest BCUT2D eigenvalue weighted by atomic mass is 35.5. The molecule has 0 aliphatic carbocycles. The van der Waals surface area contributed by atoms with Crippen LogP contribution in [0.4, 0.5) is 4.39 Å². The zero-order chi connectivity index (χ0) is 16.3. The Labute approximate surface area is 132 Å². The molecule has 0 atom stereocenters. The van der Waals surface area contributed by atoms with Crippen molar-refractivity contribution in [2.24, 2.45) is 0 Å². The molecule has 0 aliphatic heterocycles. The van der Waals surface area contributed by atoms with Gasteiger partial charge in [0, 0.05) is 35.6 Å².